The molecule has 2 nitrogen and oxygen atoms in total. The van der Waals surface area contributed by atoms with E-state index in [1.165, 1.54) is 11.1 Å². The molecule has 0 amide bonds. The molecule has 3 aliphatic rings. The van der Waals surface area contributed by atoms with Crippen LogP contribution >= 0.6 is 0 Å². The third kappa shape index (κ3) is 2.46. The van der Waals surface area contributed by atoms with Gasteiger partial charge in [0, 0.05) is 5.41 Å². The first kappa shape index (κ1) is 17.8. The Morgan fingerprint density at radius 2 is 2.12 bits per heavy atom. The van der Waals surface area contributed by atoms with Gasteiger partial charge >= 0.3 is 0 Å². The molecule has 2 fully saturated rings. The topological polar surface area (TPSA) is 37.3 Å². The number of carbonyl (C=O) groups excluding carboxylic acids is 1. The van der Waals surface area contributed by atoms with Crippen molar-refractivity contribution in [2.45, 2.75) is 70.4 Å². The number of Topliss-reactive ketones (excluding diaryl/α,β-unsaturated/α-hetero) is 1. The van der Waals surface area contributed by atoms with Gasteiger partial charge in [-0.2, -0.15) is 0 Å². The first-order chi connectivity index (χ1) is 12.5. The van der Waals surface area contributed by atoms with Gasteiger partial charge in [0.15, 0.2) is 12.0 Å². The second-order valence-corrected chi connectivity index (χ2v) is 8.55. The molecule has 0 aliphatic heterocycles. The molecule has 140 valence electrons. The number of phenolic OH excluding ortho intramolecular Hbond substituents is 1. The second kappa shape index (κ2) is 6.51. The van der Waals surface area contributed by atoms with Crippen LogP contribution in [0.3, 0.4) is 0 Å². The highest BCUT2D eigenvalue weighted by atomic mass is 19.1. The Morgan fingerprint density at radius 1 is 1.31 bits per heavy atom. The molecular weight excluding hydrogens is 327 g/mol. The number of allylic oxidation sites excluding steroid dienone is 1. The van der Waals surface area contributed by atoms with Crippen molar-refractivity contribution in [3.05, 3.63) is 41.5 Å². The van der Waals surface area contributed by atoms with Crippen molar-refractivity contribution in [1.82, 2.24) is 0 Å². The first-order valence-electron chi connectivity index (χ1n) is 10.2. The highest BCUT2D eigenvalue weighted by Gasteiger charge is 2.57. The van der Waals surface area contributed by atoms with Crippen molar-refractivity contribution in [3.8, 4) is 5.75 Å². The number of hydrogen-bond acceptors (Lipinski definition) is 2. The minimum Gasteiger partial charge on any atom is -0.508 e. The van der Waals surface area contributed by atoms with Crippen molar-refractivity contribution in [2.24, 2.45) is 17.3 Å². The Hall–Kier alpha value is -1.64. The van der Waals surface area contributed by atoms with Crippen LogP contribution in [0.1, 0.15) is 68.1 Å². The lowest BCUT2D eigenvalue weighted by atomic mass is 9.49. The number of fused-ring (bicyclic) bond motifs is 5. The molecule has 0 heterocycles. The zero-order valence-electron chi connectivity index (χ0n) is 15.6. The Kier molecular flexibility index (Phi) is 4.45. The Morgan fingerprint density at radius 3 is 2.85 bits per heavy atom. The quantitative estimate of drug-likeness (QED) is 0.749. The molecule has 0 saturated heterocycles. The normalized spacial score (nSPS) is 36.0. The molecule has 0 bridgehead atoms. The van der Waals surface area contributed by atoms with E-state index in [1.807, 2.05) is 12.1 Å². The van der Waals surface area contributed by atoms with Crippen LogP contribution in [-0.4, -0.2) is 17.1 Å². The van der Waals surface area contributed by atoms with E-state index in [9.17, 15) is 14.3 Å². The van der Waals surface area contributed by atoms with E-state index in [0.29, 0.717) is 36.3 Å². The van der Waals surface area contributed by atoms with Crippen LogP contribution in [0, 0.1) is 17.3 Å². The van der Waals surface area contributed by atoms with Gasteiger partial charge in [-0.05, 0) is 91.9 Å². The van der Waals surface area contributed by atoms with E-state index < -0.39 is 11.6 Å². The van der Waals surface area contributed by atoms with Crippen LogP contribution in [0.2, 0.25) is 0 Å². The van der Waals surface area contributed by atoms with E-state index in [4.69, 9.17) is 0 Å². The minimum atomic E-state index is -1.25. The number of rotatable bonds is 3. The maximum atomic E-state index is 14.2. The molecule has 0 aromatic heterocycles. The van der Waals surface area contributed by atoms with Gasteiger partial charge in [0.1, 0.15) is 5.75 Å². The monoisotopic (exact) mass is 356 g/mol. The molecular formula is C23H29FO2. The number of alkyl halides is 1. The fraction of sp³-hybridized carbons (Fsp3) is 0.609. The number of ketones is 1. The summed E-state index contributed by atoms with van der Waals surface area (Å²) in [6, 6.07) is 4.11. The summed E-state index contributed by atoms with van der Waals surface area (Å²) in [5.41, 5.74) is 3.12. The van der Waals surface area contributed by atoms with E-state index in [-0.39, 0.29) is 5.78 Å². The average Bonchev–Trinajstić information content (AvgIpc) is 2.65. The second-order valence-electron chi connectivity index (χ2n) is 8.55. The number of phenols is 1. The molecule has 0 unspecified atom stereocenters. The molecule has 1 aromatic rings. The lowest BCUT2D eigenvalue weighted by molar-refractivity contribution is -0.149. The van der Waals surface area contributed by atoms with Crippen LogP contribution in [0.15, 0.2) is 24.8 Å². The largest absolute Gasteiger partial charge is 0.508 e. The van der Waals surface area contributed by atoms with Gasteiger partial charge < -0.3 is 5.11 Å². The number of benzene rings is 1. The van der Waals surface area contributed by atoms with E-state index in [1.54, 1.807) is 0 Å². The Bertz CT molecular complexity index is 740. The predicted octanol–water partition coefficient (Wildman–Crippen LogP) is 5.27. The van der Waals surface area contributed by atoms with Crippen molar-refractivity contribution in [2.75, 3.05) is 0 Å². The van der Waals surface area contributed by atoms with Gasteiger partial charge in [0.2, 0.25) is 0 Å². The smallest absolute Gasteiger partial charge is 0.173 e. The lowest BCUT2D eigenvalue weighted by Crippen LogP contribution is -2.53. The molecule has 1 aromatic carbocycles. The summed E-state index contributed by atoms with van der Waals surface area (Å²) in [7, 11) is 0. The van der Waals surface area contributed by atoms with E-state index in [0.717, 1.165) is 44.1 Å². The summed E-state index contributed by atoms with van der Waals surface area (Å²) in [4.78, 5) is 12.8. The fourth-order valence-corrected chi connectivity index (χ4v) is 6.37. The van der Waals surface area contributed by atoms with Crippen LogP contribution < -0.4 is 0 Å². The third-order valence-electron chi connectivity index (χ3n) is 7.63. The van der Waals surface area contributed by atoms with Gasteiger partial charge in [-0.1, -0.05) is 19.1 Å². The number of aryl methyl sites for hydroxylation is 1. The third-order valence-corrected chi connectivity index (χ3v) is 7.63. The SMILES string of the molecule is C=CCc1cc2c(cc1O)CC[C@@H]1[C@@H]2CC[C@]2(CC)C(=O)[C@H](F)CC[C@@H]12. The number of carbonyl (C=O) groups is 1. The van der Waals surface area contributed by atoms with Gasteiger partial charge in [-0.15, -0.1) is 6.58 Å². The summed E-state index contributed by atoms with van der Waals surface area (Å²) in [6.07, 6.45) is 7.01. The summed E-state index contributed by atoms with van der Waals surface area (Å²) in [5, 5.41) is 10.3. The highest BCUT2D eigenvalue weighted by molar-refractivity contribution is 5.90. The minimum absolute atomic E-state index is 0.112. The van der Waals surface area contributed by atoms with Gasteiger partial charge in [-0.3, -0.25) is 4.79 Å². The molecule has 1 N–H and O–H groups in total. The van der Waals surface area contributed by atoms with Gasteiger partial charge in [0.25, 0.3) is 0 Å². The zero-order valence-corrected chi connectivity index (χ0v) is 15.6. The van der Waals surface area contributed by atoms with E-state index in [2.05, 4.69) is 19.6 Å². The summed E-state index contributed by atoms with van der Waals surface area (Å²) >= 11 is 0. The molecule has 2 saturated carbocycles. The van der Waals surface area contributed by atoms with Crippen LogP contribution in [0.25, 0.3) is 0 Å². The van der Waals surface area contributed by atoms with Gasteiger partial charge in [-0.25, -0.2) is 4.39 Å². The number of aromatic hydroxyl groups is 1. The summed E-state index contributed by atoms with van der Waals surface area (Å²) < 4.78 is 14.2. The lowest BCUT2D eigenvalue weighted by Gasteiger charge is -2.55. The predicted molar refractivity (Wildman–Crippen MR) is 101 cm³/mol. The standard InChI is InChI=1S/C23H29FO2/c1-3-5-15-12-18-14(13-21(15)25)6-7-17-16(18)10-11-23(4-2)19(17)8-9-20(24)22(23)26/h3,12-13,16-17,19-20,25H,1,4-11H2,2H3/t16-,17+,19-,20+,23-/m0/s1. The van der Waals surface area contributed by atoms with Crippen molar-refractivity contribution >= 4 is 5.78 Å². The molecule has 26 heavy (non-hydrogen) atoms. The average molecular weight is 356 g/mol. The van der Waals surface area contributed by atoms with Gasteiger partial charge in [0.05, 0.1) is 0 Å². The summed E-state index contributed by atoms with van der Waals surface area (Å²) in [6.45, 7) is 5.87. The molecule has 3 aliphatic carbocycles. The molecule has 3 heteroatoms. The molecule has 4 rings (SSSR count). The Labute approximate surface area is 155 Å². The van der Waals surface area contributed by atoms with Crippen molar-refractivity contribution < 1.29 is 14.3 Å². The number of hydrogen-bond donors (Lipinski definition) is 1. The first-order valence-corrected chi connectivity index (χ1v) is 10.2. The highest BCUT2D eigenvalue weighted by Crippen LogP contribution is 2.60. The summed E-state index contributed by atoms with van der Waals surface area (Å²) in [5.74, 6) is 1.48. The van der Waals surface area contributed by atoms with E-state index >= 15 is 0 Å². The van der Waals surface area contributed by atoms with Crippen molar-refractivity contribution in [3.63, 3.8) is 0 Å². The zero-order chi connectivity index (χ0) is 18.5. The molecule has 0 spiro atoms. The van der Waals surface area contributed by atoms with Crippen LogP contribution in [0.5, 0.6) is 5.75 Å². The maximum Gasteiger partial charge on any atom is 0.173 e. The number of halogens is 1. The van der Waals surface area contributed by atoms with Crippen LogP contribution in [-0.2, 0) is 17.6 Å². The van der Waals surface area contributed by atoms with Crippen LogP contribution in [0.4, 0.5) is 4.39 Å². The molecule has 0 radical (unpaired) electrons. The Balaban J connectivity index is 1.72. The maximum absolute atomic E-state index is 14.2. The molecule has 5 atom stereocenters. The fourth-order valence-electron chi connectivity index (χ4n) is 6.37. The van der Waals surface area contributed by atoms with Crippen molar-refractivity contribution in [1.29, 1.82) is 0 Å².